The summed E-state index contributed by atoms with van der Waals surface area (Å²) in [6, 6.07) is 7.18. The molecule has 0 aliphatic heterocycles. The van der Waals surface area contributed by atoms with Crippen LogP contribution in [0.1, 0.15) is 36.2 Å². The number of carbonyl (C=O) groups excluding carboxylic acids is 1. The standard InChI is InChI=1S/C16H18N2O3S/c19-14-3-1-2-4-15(14)21-12-7-5-11(6-8-12)18-16(20)13-9-22-10-17-13/h5-10,14-15,19H,1-4H2,(H,18,20)/t14-,15+/m1/s1. The Bertz CT molecular complexity index is 613. The van der Waals surface area contributed by atoms with Crippen LogP contribution in [0.5, 0.6) is 5.75 Å². The van der Waals surface area contributed by atoms with Crippen LogP contribution >= 0.6 is 11.3 Å². The van der Waals surface area contributed by atoms with Gasteiger partial charge < -0.3 is 15.2 Å². The molecule has 1 amide bonds. The van der Waals surface area contributed by atoms with Crippen molar-refractivity contribution < 1.29 is 14.6 Å². The highest BCUT2D eigenvalue weighted by Gasteiger charge is 2.24. The molecule has 0 saturated heterocycles. The summed E-state index contributed by atoms with van der Waals surface area (Å²) in [5, 5.41) is 14.4. The van der Waals surface area contributed by atoms with E-state index in [0.717, 1.165) is 25.7 Å². The van der Waals surface area contributed by atoms with Crippen molar-refractivity contribution in [3.63, 3.8) is 0 Å². The van der Waals surface area contributed by atoms with E-state index in [1.54, 1.807) is 35.2 Å². The van der Waals surface area contributed by atoms with Crippen LogP contribution in [0.4, 0.5) is 5.69 Å². The second kappa shape index (κ2) is 6.89. The van der Waals surface area contributed by atoms with Crippen molar-refractivity contribution in [3.8, 4) is 5.75 Å². The highest BCUT2D eigenvalue weighted by molar-refractivity contribution is 7.07. The molecule has 2 N–H and O–H groups in total. The van der Waals surface area contributed by atoms with E-state index in [9.17, 15) is 9.90 Å². The van der Waals surface area contributed by atoms with Crippen molar-refractivity contribution in [2.24, 2.45) is 0 Å². The summed E-state index contributed by atoms with van der Waals surface area (Å²) in [5.74, 6) is 0.482. The molecule has 1 saturated carbocycles. The lowest BCUT2D eigenvalue weighted by molar-refractivity contribution is 0.00688. The summed E-state index contributed by atoms with van der Waals surface area (Å²) >= 11 is 1.38. The van der Waals surface area contributed by atoms with Gasteiger partial charge >= 0.3 is 0 Å². The van der Waals surface area contributed by atoms with Crippen LogP contribution < -0.4 is 10.1 Å². The van der Waals surface area contributed by atoms with Gasteiger partial charge in [0.25, 0.3) is 5.91 Å². The molecule has 0 unspecified atom stereocenters. The monoisotopic (exact) mass is 318 g/mol. The van der Waals surface area contributed by atoms with Gasteiger partial charge in [0.1, 0.15) is 17.5 Å². The lowest BCUT2D eigenvalue weighted by Gasteiger charge is -2.28. The van der Waals surface area contributed by atoms with Gasteiger partial charge in [-0.1, -0.05) is 6.42 Å². The predicted octanol–water partition coefficient (Wildman–Crippen LogP) is 3.08. The summed E-state index contributed by atoms with van der Waals surface area (Å²) in [4.78, 5) is 15.9. The fourth-order valence-corrected chi connectivity index (χ4v) is 3.06. The van der Waals surface area contributed by atoms with E-state index in [4.69, 9.17) is 4.74 Å². The van der Waals surface area contributed by atoms with E-state index in [1.807, 2.05) is 0 Å². The first-order valence-electron chi connectivity index (χ1n) is 7.37. The maximum absolute atomic E-state index is 11.9. The third kappa shape index (κ3) is 3.64. The normalized spacial score (nSPS) is 21.3. The van der Waals surface area contributed by atoms with Gasteiger partial charge in [0, 0.05) is 11.1 Å². The van der Waals surface area contributed by atoms with E-state index < -0.39 is 6.10 Å². The van der Waals surface area contributed by atoms with Gasteiger partial charge in [0.15, 0.2) is 0 Å². The molecule has 1 heterocycles. The molecule has 1 aliphatic carbocycles. The Balaban J connectivity index is 1.59. The zero-order chi connectivity index (χ0) is 15.4. The van der Waals surface area contributed by atoms with Crippen molar-refractivity contribution in [2.75, 3.05) is 5.32 Å². The van der Waals surface area contributed by atoms with E-state index in [0.29, 0.717) is 17.1 Å². The smallest absolute Gasteiger partial charge is 0.275 e. The minimum absolute atomic E-state index is 0.135. The molecule has 1 fully saturated rings. The number of hydrogen-bond acceptors (Lipinski definition) is 5. The second-order valence-corrected chi connectivity index (χ2v) is 6.08. The predicted molar refractivity (Wildman–Crippen MR) is 85.4 cm³/mol. The quantitative estimate of drug-likeness (QED) is 0.909. The lowest BCUT2D eigenvalue weighted by Crippen LogP contribution is -2.34. The second-order valence-electron chi connectivity index (χ2n) is 5.36. The molecule has 1 aromatic heterocycles. The summed E-state index contributed by atoms with van der Waals surface area (Å²) in [6.07, 6.45) is 3.30. The Morgan fingerprint density at radius 3 is 2.73 bits per heavy atom. The molecular weight excluding hydrogens is 300 g/mol. The van der Waals surface area contributed by atoms with E-state index >= 15 is 0 Å². The number of nitrogens with zero attached hydrogens (tertiary/aromatic N) is 1. The number of thiazole rings is 1. The summed E-state index contributed by atoms with van der Waals surface area (Å²) in [6.45, 7) is 0. The lowest BCUT2D eigenvalue weighted by atomic mass is 9.95. The average molecular weight is 318 g/mol. The number of aliphatic hydroxyl groups is 1. The van der Waals surface area contributed by atoms with Crippen LogP contribution in [-0.2, 0) is 0 Å². The topological polar surface area (TPSA) is 71.5 Å². The number of ether oxygens (including phenoxy) is 1. The van der Waals surface area contributed by atoms with Crippen molar-refractivity contribution in [1.82, 2.24) is 4.98 Å². The fourth-order valence-electron chi connectivity index (χ4n) is 2.53. The summed E-state index contributed by atoms with van der Waals surface area (Å²) in [5.41, 5.74) is 2.73. The Kier molecular flexibility index (Phi) is 4.70. The summed E-state index contributed by atoms with van der Waals surface area (Å²) < 4.78 is 5.83. The van der Waals surface area contributed by atoms with Crippen LogP contribution in [0.25, 0.3) is 0 Å². The number of carbonyl (C=O) groups is 1. The number of nitrogens with one attached hydrogen (secondary N) is 1. The molecule has 1 aliphatic rings. The number of aliphatic hydroxyl groups excluding tert-OH is 1. The number of benzene rings is 1. The van der Waals surface area contributed by atoms with Gasteiger partial charge in [-0.2, -0.15) is 0 Å². The first-order valence-corrected chi connectivity index (χ1v) is 8.31. The Hall–Kier alpha value is -1.92. The van der Waals surface area contributed by atoms with Gasteiger partial charge in [-0.25, -0.2) is 4.98 Å². The molecule has 116 valence electrons. The average Bonchev–Trinajstić information content (AvgIpc) is 3.06. The molecule has 1 aromatic carbocycles. The van der Waals surface area contributed by atoms with Gasteiger partial charge in [-0.05, 0) is 43.5 Å². The number of hydrogen-bond donors (Lipinski definition) is 2. The molecule has 0 spiro atoms. The highest BCUT2D eigenvalue weighted by Crippen LogP contribution is 2.25. The third-order valence-corrected chi connectivity index (χ3v) is 4.32. The molecule has 6 heteroatoms. The Morgan fingerprint density at radius 1 is 1.27 bits per heavy atom. The summed E-state index contributed by atoms with van der Waals surface area (Å²) in [7, 11) is 0. The maximum Gasteiger partial charge on any atom is 0.275 e. The zero-order valence-electron chi connectivity index (χ0n) is 12.1. The number of rotatable bonds is 4. The maximum atomic E-state index is 11.9. The Morgan fingerprint density at radius 2 is 2.05 bits per heavy atom. The Labute approximate surface area is 133 Å². The zero-order valence-corrected chi connectivity index (χ0v) is 12.9. The first-order chi connectivity index (χ1) is 10.7. The number of amides is 1. The van der Waals surface area contributed by atoms with Crippen molar-refractivity contribution in [1.29, 1.82) is 0 Å². The van der Waals surface area contributed by atoms with Crippen molar-refractivity contribution in [2.45, 2.75) is 37.9 Å². The highest BCUT2D eigenvalue weighted by atomic mass is 32.1. The van der Waals surface area contributed by atoms with Crippen molar-refractivity contribution in [3.05, 3.63) is 40.8 Å². The SMILES string of the molecule is O=C(Nc1ccc(O[C@H]2CCCC[C@H]2O)cc1)c1cscn1. The van der Waals surface area contributed by atoms with Crippen molar-refractivity contribution >= 4 is 22.9 Å². The van der Waals surface area contributed by atoms with Crippen LogP contribution in [-0.4, -0.2) is 28.2 Å². The molecule has 2 aromatic rings. The van der Waals surface area contributed by atoms with E-state index in [2.05, 4.69) is 10.3 Å². The number of anilines is 1. The molecule has 3 rings (SSSR count). The van der Waals surface area contributed by atoms with Gasteiger partial charge in [-0.15, -0.1) is 11.3 Å². The minimum atomic E-state index is -0.391. The molecular formula is C16H18N2O3S. The van der Waals surface area contributed by atoms with E-state index in [1.165, 1.54) is 11.3 Å². The number of aromatic nitrogens is 1. The van der Waals surface area contributed by atoms with E-state index in [-0.39, 0.29) is 12.0 Å². The third-order valence-electron chi connectivity index (χ3n) is 3.73. The first kappa shape index (κ1) is 15.0. The minimum Gasteiger partial charge on any atom is -0.488 e. The fraction of sp³-hybridized carbons (Fsp3) is 0.375. The molecule has 0 bridgehead atoms. The van der Waals surface area contributed by atoms with Crippen LogP contribution in [0.15, 0.2) is 35.2 Å². The largest absolute Gasteiger partial charge is 0.488 e. The van der Waals surface area contributed by atoms with Crippen LogP contribution in [0.3, 0.4) is 0 Å². The van der Waals surface area contributed by atoms with Crippen LogP contribution in [0, 0.1) is 0 Å². The molecule has 0 radical (unpaired) electrons. The van der Waals surface area contributed by atoms with Gasteiger partial charge in [0.05, 0.1) is 11.6 Å². The van der Waals surface area contributed by atoms with Gasteiger partial charge in [0.2, 0.25) is 0 Å². The van der Waals surface area contributed by atoms with Gasteiger partial charge in [-0.3, -0.25) is 4.79 Å². The molecule has 2 atom stereocenters. The molecule has 22 heavy (non-hydrogen) atoms. The van der Waals surface area contributed by atoms with Crippen LogP contribution in [0.2, 0.25) is 0 Å². The molecule has 5 nitrogen and oxygen atoms in total.